The van der Waals surface area contributed by atoms with E-state index in [9.17, 15) is 4.79 Å². The summed E-state index contributed by atoms with van der Waals surface area (Å²) in [4.78, 5) is 10.8. The minimum absolute atomic E-state index is 0.118. The maximum absolute atomic E-state index is 10.8. The van der Waals surface area contributed by atoms with Crippen LogP contribution in [0, 0.1) is 0 Å². The van der Waals surface area contributed by atoms with Crippen LogP contribution >= 0.6 is 12.6 Å². The van der Waals surface area contributed by atoms with E-state index in [-0.39, 0.29) is 5.97 Å². The molecule has 0 aliphatic carbocycles. The first-order valence-corrected chi connectivity index (χ1v) is 8.37. The molecule has 0 amide bonds. The Hall–Kier alpha value is 0.619. The molecule has 0 aliphatic rings. The van der Waals surface area contributed by atoms with E-state index < -0.39 is 21.1 Å². The summed E-state index contributed by atoms with van der Waals surface area (Å²) in [5.74, 6) is -0.118. The molecule has 0 aliphatic heterocycles. The maximum atomic E-state index is 10.8. The second-order valence-corrected chi connectivity index (χ2v) is 9.20. The van der Waals surface area contributed by atoms with Crippen molar-refractivity contribution in [3.05, 3.63) is 0 Å². The molecule has 0 bridgehead atoms. The Labute approximate surface area is 90.1 Å². The van der Waals surface area contributed by atoms with Gasteiger partial charge in [-0.15, -0.1) is 0 Å². The van der Waals surface area contributed by atoms with Gasteiger partial charge in [0.1, 0.15) is 0 Å². The van der Waals surface area contributed by atoms with Gasteiger partial charge in [0.2, 0.25) is 0 Å². The summed E-state index contributed by atoms with van der Waals surface area (Å²) in [6, 6.07) is 0. The third-order valence-electron chi connectivity index (χ3n) is 1.50. The summed E-state index contributed by atoms with van der Waals surface area (Å²) in [5.41, 5.74) is 0. The molecule has 12 heavy (non-hydrogen) atoms. The summed E-state index contributed by atoms with van der Waals surface area (Å²) < 4.78 is 6.23. The van der Waals surface area contributed by atoms with Crippen LogP contribution in [0.2, 0.25) is 4.44 Å². The van der Waals surface area contributed by atoms with Crippen LogP contribution in [-0.4, -0.2) is 37.5 Å². The van der Waals surface area contributed by atoms with Crippen molar-refractivity contribution in [3.63, 3.8) is 0 Å². The Morgan fingerprint density at radius 3 is 2.83 bits per heavy atom. The van der Waals surface area contributed by atoms with E-state index in [0.29, 0.717) is 9.69 Å². The van der Waals surface area contributed by atoms with Gasteiger partial charge in [-0.25, -0.2) is 0 Å². The van der Waals surface area contributed by atoms with Crippen molar-refractivity contribution in [2.24, 2.45) is 0 Å². The summed E-state index contributed by atoms with van der Waals surface area (Å²) in [6.45, 7) is 2.19. The van der Waals surface area contributed by atoms with E-state index in [1.807, 2.05) is 0 Å². The van der Waals surface area contributed by atoms with Crippen molar-refractivity contribution in [2.45, 2.75) is 33.9 Å². The van der Waals surface area contributed by atoms with Crippen molar-refractivity contribution in [2.75, 3.05) is 7.11 Å². The number of carbonyl (C=O) groups excluding carboxylic acids is 1. The third-order valence-corrected chi connectivity index (χ3v) is 6.67. The van der Waals surface area contributed by atoms with Crippen molar-refractivity contribution in [1.29, 1.82) is 0 Å². The zero-order valence-corrected chi connectivity index (χ0v) is 11.4. The molecular formula is C8H16O2SSn. The van der Waals surface area contributed by atoms with Gasteiger partial charge in [0, 0.05) is 0 Å². The molecule has 0 aromatic carbocycles. The molecule has 0 rings (SSSR count). The standard InChI is InChI=1S/C4H7O2S.C4H9.Sn/c1-6-4(5)2-3-7;1-3-4-2;/h3,7H,2H2,1H3;1,3-4H2,2H3;. The van der Waals surface area contributed by atoms with Crippen molar-refractivity contribution < 1.29 is 9.53 Å². The molecule has 0 N–H and O–H groups in total. The minimum atomic E-state index is -0.426. The number of ether oxygens (including phenoxy) is 1. The van der Waals surface area contributed by atoms with Crippen LogP contribution in [0.4, 0.5) is 0 Å². The Kier molecular flexibility index (Phi) is 8.65. The van der Waals surface area contributed by atoms with Crippen LogP contribution in [0.25, 0.3) is 0 Å². The molecule has 0 saturated heterocycles. The van der Waals surface area contributed by atoms with Crippen molar-refractivity contribution in [3.8, 4) is 0 Å². The summed E-state index contributed by atoms with van der Waals surface area (Å²) >= 11 is 3.94. The number of unbranched alkanes of at least 4 members (excludes halogenated alkanes) is 1. The van der Waals surface area contributed by atoms with Gasteiger partial charge in [0.05, 0.1) is 0 Å². The zero-order chi connectivity index (χ0) is 9.40. The van der Waals surface area contributed by atoms with E-state index in [1.54, 1.807) is 0 Å². The number of thiol groups is 1. The van der Waals surface area contributed by atoms with Crippen molar-refractivity contribution >= 4 is 39.7 Å². The Morgan fingerprint density at radius 1 is 1.67 bits per heavy atom. The van der Waals surface area contributed by atoms with E-state index in [4.69, 9.17) is 0 Å². The van der Waals surface area contributed by atoms with E-state index in [1.165, 1.54) is 24.4 Å². The first-order valence-electron chi connectivity index (χ1n) is 4.19. The van der Waals surface area contributed by atoms with E-state index in [2.05, 4.69) is 24.3 Å². The van der Waals surface area contributed by atoms with Crippen LogP contribution in [0.15, 0.2) is 0 Å². The predicted octanol–water partition coefficient (Wildman–Crippen LogP) is 1.73. The van der Waals surface area contributed by atoms with E-state index in [0.717, 1.165) is 0 Å². The molecule has 0 heterocycles. The van der Waals surface area contributed by atoms with Gasteiger partial charge >= 0.3 is 90.3 Å². The normalized spacial score (nSPS) is 12.6. The second-order valence-electron chi connectivity index (χ2n) is 2.60. The Balaban J connectivity index is 3.32. The summed E-state index contributed by atoms with van der Waals surface area (Å²) in [7, 11) is 1.43. The molecule has 70 valence electrons. The average molecular weight is 295 g/mol. The average Bonchev–Trinajstić information content (AvgIpc) is 2.05. The van der Waals surface area contributed by atoms with Gasteiger partial charge in [0.15, 0.2) is 0 Å². The van der Waals surface area contributed by atoms with Crippen LogP contribution in [0.5, 0.6) is 0 Å². The molecule has 1 atom stereocenters. The number of carbonyl (C=O) groups is 1. The Bertz CT molecular complexity index is 130. The van der Waals surface area contributed by atoms with Crippen LogP contribution < -0.4 is 0 Å². The van der Waals surface area contributed by atoms with Crippen LogP contribution in [-0.2, 0) is 9.53 Å². The fourth-order valence-electron chi connectivity index (χ4n) is 0.759. The summed E-state index contributed by atoms with van der Waals surface area (Å²) in [5, 5.41) is 0. The molecule has 0 aromatic rings. The van der Waals surface area contributed by atoms with Gasteiger partial charge < -0.3 is 0 Å². The van der Waals surface area contributed by atoms with Gasteiger partial charge in [-0.1, -0.05) is 0 Å². The van der Waals surface area contributed by atoms with Crippen LogP contribution in [0.1, 0.15) is 26.2 Å². The van der Waals surface area contributed by atoms with Crippen molar-refractivity contribution in [1.82, 2.24) is 0 Å². The quantitative estimate of drug-likeness (QED) is 0.349. The number of esters is 1. The fraction of sp³-hybridized carbons (Fsp3) is 0.875. The number of rotatable bonds is 6. The van der Waals surface area contributed by atoms with Gasteiger partial charge in [-0.05, 0) is 0 Å². The first-order chi connectivity index (χ1) is 5.70. The molecule has 2 nitrogen and oxygen atoms in total. The van der Waals surface area contributed by atoms with Gasteiger partial charge in [0.25, 0.3) is 0 Å². The molecule has 0 saturated carbocycles. The Morgan fingerprint density at radius 2 is 2.33 bits per heavy atom. The molecule has 4 heteroatoms. The number of hydrogen-bond donors (Lipinski definition) is 1. The molecule has 0 aromatic heterocycles. The SMILES string of the molecule is CCC[CH2][Sn][CH](S)CC(=O)OC. The molecule has 1 unspecified atom stereocenters. The molecule has 2 radical (unpaired) electrons. The summed E-state index contributed by atoms with van der Waals surface area (Å²) in [6.07, 6.45) is 3.06. The molecule has 0 spiro atoms. The first kappa shape index (κ1) is 12.6. The number of hydrogen-bond acceptors (Lipinski definition) is 3. The second kappa shape index (κ2) is 8.23. The van der Waals surface area contributed by atoms with Gasteiger partial charge in [-0.2, -0.15) is 0 Å². The molecule has 0 fully saturated rings. The number of methoxy groups -OCH3 is 1. The van der Waals surface area contributed by atoms with Gasteiger partial charge in [-0.3, -0.25) is 0 Å². The topological polar surface area (TPSA) is 26.3 Å². The van der Waals surface area contributed by atoms with Crippen LogP contribution in [0.3, 0.4) is 0 Å². The fourth-order valence-corrected chi connectivity index (χ4v) is 5.20. The zero-order valence-electron chi connectivity index (χ0n) is 7.67. The monoisotopic (exact) mass is 296 g/mol. The third kappa shape index (κ3) is 7.28. The van der Waals surface area contributed by atoms with E-state index >= 15 is 0 Å². The predicted molar refractivity (Wildman–Crippen MR) is 54.9 cm³/mol. The molecular weight excluding hydrogens is 279 g/mol.